The van der Waals surface area contributed by atoms with E-state index in [9.17, 15) is 0 Å². The molecule has 0 unspecified atom stereocenters. The summed E-state index contributed by atoms with van der Waals surface area (Å²) in [5, 5.41) is 8.11. The van der Waals surface area contributed by atoms with Crippen molar-refractivity contribution in [3.05, 3.63) is 54.1 Å². The highest BCUT2D eigenvalue weighted by atomic mass is 32.2. The van der Waals surface area contributed by atoms with Gasteiger partial charge in [0.05, 0.1) is 0 Å². The van der Waals surface area contributed by atoms with E-state index in [2.05, 4.69) is 4.98 Å². The van der Waals surface area contributed by atoms with E-state index in [1.165, 1.54) is 11.8 Å². The van der Waals surface area contributed by atoms with Crippen LogP contribution in [0.1, 0.15) is 5.56 Å². The molecular weight excluding hydrogens is 258 g/mol. The van der Waals surface area contributed by atoms with E-state index < -0.39 is 0 Å². The second kappa shape index (κ2) is 4.78. The predicted octanol–water partition coefficient (Wildman–Crippen LogP) is 3.26. The van der Waals surface area contributed by atoms with Gasteiger partial charge in [-0.25, -0.2) is 4.98 Å². The number of benzene rings is 2. The lowest BCUT2D eigenvalue weighted by Crippen LogP contribution is -2.11. The second-order valence-electron chi connectivity index (χ2n) is 3.96. The smallest absolute Gasteiger partial charge is 0.261 e. The Morgan fingerprint density at radius 1 is 1.11 bits per heavy atom. The van der Waals surface area contributed by atoms with Crippen LogP contribution in [-0.4, -0.2) is 10.8 Å². The van der Waals surface area contributed by atoms with Gasteiger partial charge in [0.15, 0.2) is 5.58 Å². The van der Waals surface area contributed by atoms with Crippen molar-refractivity contribution in [2.75, 3.05) is 0 Å². The molecule has 1 heterocycles. The molecule has 5 heteroatoms. The zero-order chi connectivity index (χ0) is 13.2. The molecule has 3 N–H and O–H groups in total. The van der Waals surface area contributed by atoms with Gasteiger partial charge in [0.2, 0.25) is 0 Å². The summed E-state index contributed by atoms with van der Waals surface area (Å²) in [6.07, 6.45) is 0. The zero-order valence-electron chi connectivity index (χ0n) is 9.96. The third kappa shape index (κ3) is 2.32. The van der Waals surface area contributed by atoms with Gasteiger partial charge in [0.1, 0.15) is 11.4 Å². The number of para-hydroxylation sites is 2. The predicted molar refractivity (Wildman–Crippen MR) is 75.6 cm³/mol. The van der Waals surface area contributed by atoms with Gasteiger partial charge in [-0.2, -0.15) is 0 Å². The van der Waals surface area contributed by atoms with Crippen LogP contribution in [0.4, 0.5) is 0 Å². The number of nitrogens with two attached hydrogens (primary N) is 1. The molecule has 0 spiro atoms. The lowest BCUT2D eigenvalue weighted by atomic mass is 10.2. The minimum atomic E-state index is 0.0409. The maximum absolute atomic E-state index is 7.56. The highest BCUT2D eigenvalue weighted by molar-refractivity contribution is 7.99. The first-order valence-corrected chi connectivity index (χ1v) is 6.52. The molecule has 0 aliphatic heterocycles. The van der Waals surface area contributed by atoms with Crippen LogP contribution in [0, 0.1) is 5.41 Å². The average Bonchev–Trinajstić information content (AvgIpc) is 2.81. The zero-order valence-corrected chi connectivity index (χ0v) is 10.8. The third-order valence-corrected chi connectivity index (χ3v) is 3.57. The van der Waals surface area contributed by atoms with Gasteiger partial charge in [0.25, 0.3) is 5.22 Å². The van der Waals surface area contributed by atoms with Crippen molar-refractivity contribution < 1.29 is 4.42 Å². The first-order valence-electron chi connectivity index (χ1n) is 5.71. The van der Waals surface area contributed by atoms with Gasteiger partial charge < -0.3 is 10.2 Å². The summed E-state index contributed by atoms with van der Waals surface area (Å²) < 4.78 is 5.65. The Morgan fingerprint density at radius 2 is 1.84 bits per heavy atom. The number of hydrogen-bond donors (Lipinski definition) is 2. The number of fused-ring (bicyclic) bond motifs is 1. The Balaban J connectivity index is 1.99. The largest absolute Gasteiger partial charge is 0.431 e. The van der Waals surface area contributed by atoms with Crippen molar-refractivity contribution in [1.82, 2.24) is 4.98 Å². The first-order chi connectivity index (χ1) is 9.24. The van der Waals surface area contributed by atoms with Crippen LogP contribution in [0.2, 0.25) is 0 Å². The van der Waals surface area contributed by atoms with Crippen LogP contribution < -0.4 is 5.73 Å². The molecule has 3 aromatic rings. The summed E-state index contributed by atoms with van der Waals surface area (Å²) in [7, 11) is 0. The minimum Gasteiger partial charge on any atom is -0.431 e. The fourth-order valence-corrected chi connectivity index (χ4v) is 2.67. The van der Waals surface area contributed by atoms with Crippen LogP contribution in [0.25, 0.3) is 11.1 Å². The standard InChI is InChI=1S/C14H11N3OS/c15-13(16)9-5-1-4-8-12(9)19-14-17-10-6-2-3-7-11(10)18-14/h1-8H,(H3,15,16). The second-order valence-corrected chi connectivity index (χ2v) is 4.95. The molecule has 0 atom stereocenters. The molecule has 0 bridgehead atoms. The van der Waals surface area contributed by atoms with Crippen LogP contribution >= 0.6 is 11.8 Å². The minimum absolute atomic E-state index is 0.0409. The van der Waals surface area contributed by atoms with Gasteiger partial charge in [-0.05, 0) is 30.0 Å². The van der Waals surface area contributed by atoms with Crippen molar-refractivity contribution in [2.45, 2.75) is 10.1 Å². The highest BCUT2D eigenvalue weighted by Gasteiger charge is 2.11. The molecule has 4 nitrogen and oxygen atoms in total. The maximum Gasteiger partial charge on any atom is 0.261 e. The average molecular weight is 269 g/mol. The van der Waals surface area contributed by atoms with Crippen molar-refractivity contribution >= 4 is 28.7 Å². The van der Waals surface area contributed by atoms with E-state index in [1.54, 1.807) is 0 Å². The molecular formula is C14H11N3OS. The van der Waals surface area contributed by atoms with E-state index in [0.717, 1.165) is 16.0 Å². The number of aromatic nitrogens is 1. The topological polar surface area (TPSA) is 75.9 Å². The number of hydrogen-bond acceptors (Lipinski definition) is 4. The molecule has 0 fully saturated rings. The summed E-state index contributed by atoms with van der Waals surface area (Å²) in [5.41, 5.74) is 7.83. The fourth-order valence-electron chi connectivity index (χ4n) is 1.77. The molecule has 0 amide bonds. The Hall–Kier alpha value is -2.27. The molecule has 1 aromatic heterocycles. The van der Waals surface area contributed by atoms with Crippen LogP contribution in [-0.2, 0) is 0 Å². The van der Waals surface area contributed by atoms with Gasteiger partial charge in [-0.1, -0.05) is 30.3 Å². The monoisotopic (exact) mass is 269 g/mol. The van der Waals surface area contributed by atoms with Crippen molar-refractivity contribution in [3.8, 4) is 0 Å². The quantitative estimate of drug-likeness (QED) is 0.565. The van der Waals surface area contributed by atoms with E-state index in [0.29, 0.717) is 10.8 Å². The summed E-state index contributed by atoms with van der Waals surface area (Å²) in [6, 6.07) is 15.1. The number of oxazole rings is 1. The Kier molecular flexibility index (Phi) is 2.97. The van der Waals surface area contributed by atoms with Crippen LogP contribution in [0.3, 0.4) is 0 Å². The number of nitrogen functional groups attached to an aromatic ring is 1. The number of amidine groups is 1. The lowest BCUT2D eigenvalue weighted by Gasteiger charge is -2.04. The van der Waals surface area contributed by atoms with Crippen LogP contribution in [0.15, 0.2) is 63.1 Å². The van der Waals surface area contributed by atoms with Crippen molar-refractivity contribution in [2.24, 2.45) is 5.73 Å². The third-order valence-electron chi connectivity index (χ3n) is 2.65. The highest BCUT2D eigenvalue weighted by Crippen LogP contribution is 2.31. The molecule has 3 rings (SSSR count). The van der Waals surface area contributed by atoms with Crippen molar-refractivity contribution in [1.29, 1.82) is 5.41 Å². The number of nitrogens with one attached hydrogen (secondary N) is 1. The Labute approximate surface area is 114 Å². The molecule has 0 aliphatic carbocycles. The van der Waals surface area contributed by atoms with E-state index >= 15 is 0 Å². The molecule has 0 radical (unpaired) electrons. The van der Waals surface area contributed by atoms with E-state index in [-0.39, 0.29) is 5.84 Å². The molecule has 2 aromatic carbocycles. The summed E-state index contributed by atoms with van der Waals surface area (Å²) >= 11 is 1.37. The van der Waals surface area contributed by atoms with Gasteiger partial charge >= 0.3 is 0 Å². The van der Waals surface area contributed by atoms with Crippen LogP contribution in [0.5, 0.6) is 0 Å². The normalized spacial score (nSPS) is 10.7. The molecule has 94 valence electrons. The number of nitrogens with zero attached hydrogens (tertiary/aromatic N) is 1. The Morgan fingerprint density at radius 3 is 2.63 bits per heavy atom. The van der Waals surface area contributed by atoms with E-state index in [1.807, 2.05) is 48.5 Å². The summed E-state index contributed by atoms with van der Waals surface area (Å²) in [6.45, 7) is 0. The SMILES string of the molecule is N=C(N)c1ccccc1Sc1nc2ccccc2o1. The van der Waals surface area contributed by atoms with Crippen molar-refractivity contribution in [3.63, 3.8) is 0 Å². The fraction of sp³-hybridized carbons (Fsp3) is 0. The molecule has 0 saturated heterocycles. The van der Waals surface area contributed by atoms with E-state index in [4.69, 9.17) is 15.6 Å². The summed E-state index contributed by atoms with van der Waals surface area (Å²) in [5.74, 6) is 0.0409. The summed E-state index contributed by atoms with van der Waals surface area (Å²) in [4.78, 5) is 5.26. The van der Waals surface area contributed by atoms with Gasteiger partial charge in [-0.15, -0.1) is 0 Å². The van der Waals surface area contributed by atoms with Gasteiger partial charge in [0, 0.05) is 10.5 Å². The number of rotatable bonds is 3. The molecule has 0 saturated carbocycles. The maximum atomic E-state index is 7.56. The van der Waals surface area contributed by atoms with Gasteiger partial charge in [-0.3, -0.25) is 5.41 Å². The molecule has 0 aliphatic rings. The Bertz CT molecular complexity index is 718. The first kappa shape index (κ1) is 11.8. The molecule has 19 heavy (non-hydrogen) atoms. The lowest BCUT2D eigenvalue weighted by molar-refractivity contribution is 0.489.